The molecule has 5 heteroatoms. The first-order valence-electron chi connectivity index (χ1n) is 20.1. The molecule has 3 nitrogen and oxygen atoms in total. The van der Waals surface area contributed by atoms with Gasteiger partial charge in [-0.1, -0.05) is 182 Å². The fourth-order valence-electron chi connectivity index (χ4n) is 9.08. The fourth-order valence-corrected chi connectivity index (χ4v) is 12.1. The molecule has 282 valence electrons. The lowest BCUT2D eigenvalue weighted by Crippen LogP contribution is -2.23. The largest absolute Gasteiger partial charge is 0.421 e. The van der Waals surface area contributed by atoms with Crippen molar-refractivity contribution in [1.29, 1.82) is 0 Å². The maximum Gasteiger partial charge on any atom is 0.201 e. The van der Waals surface area contributed by atoms with Crippen molar-refractivity contribution >= 4 is 109 Å². The number of hydrogen-bond donors (Lipinski definition) is 0. The van der Waals surface area contributed by atoms with Gasteiger partial charge in [0.1, 0.15) is 5.58 Å². The molecule has 11 aromatic rings. The van der Waals surface area contributed by atoms with Crippen molar-refractivity contribution in [3.05, 3.63) is 200 Å². The molecule has 1 unspecified atom stereocenters. The molecule has 0 bridgehead atoms. The van der Waals surface area contributed by atoms with Crippen LogP contribution in [-0.2, 0) is 0 Å². The van der Waals surface area contributed by atoms with Gasteiger partial charge in [-0.3, -0.25) is 0 Å². The van der Waals surface area contributed by atoms with Crippen LogP contribution in [0.1, 0.15) is 6.92 Å². The first kappa shape index (κ1) is 35.5. The fraction of sp³-hybridized carbons (Fsp3) is 0.0370. The van der Waals surface area contributed by atoms with Gasteiger partial charge in [0.25, 0.3) is 0 Å². The maximum absolute atomic E-state index is 6.87. The molecule has 0 N–H and O–H groups in total. The molecule has 1 aromatic heterocycles. The van der Waals surface area contributed by atoms with Crippen LogP contribution in [0.25, 0.3) is 76.2 Å². The van der Waals surface area contributed by atoms with Crippen LogP contribution in [0.5, 0.6) is 0 Å². The highest BCUT2D eigenvalue weighted by molar-refractivity contribution is 7.80. The van der Waals surface area contributed by atoms with E-state index in [0.717, 1.165) is 49.5 Å². The van der Waals surface area contributed by atoms with E-state index < -0.39 is 7.92 Å². The molecule has 0 saturated carbocycles. The maximum atomic E-state index is 6.87. The van der Waals surface area contributed by atoms with Gasteiger partial charge in [0.2, 0.25) is 8.67 Å². The number of hydrogen-bond acceptors (Lipinski definition) is 3. The molecule has 11 rings (SSSR count). The second-order valence-electron chi connectivity index (χ2n) is 14.9. The third-order valence-electron chi connectivity index (χ3n) is 11.6. The highest BCUT2D eigenvalue weighted by Crippen LogP contribution is 2.49. The van der Waals surface area contributed by atoms with Gasteiger partial charge in [-0.25, -0.2) is 0 Å². The predicted octanol–water partition coefficient (Wildman–Crippen LogP) is 14.5. The molecule has 10 aromatic carbocycles. The van der Waals surface area contributed by atoms with Crippen molar-refractivity contribution in [3.63, 3.8) is 0 Å². The van der Waals surface area contributed by atoms with E-state index in [1.54, 1.807) is 0 Å². The monoisotopic (exact) mass is 795 g/mol. The number of rotatable bonds is 7. The third kappa shape index (κ3) is 6.01. The zero-order valence-electron chi connectivity index (χ0n) is 32.5. The summed E-state index contributed by atoms with van der Waals surface area (Å²) in [5, 5.41) is 15.6. The topological polar surface area (TPSA) is 29.5 Å². The summed E-state index contributed by atoms with van der Waals surface area (Å²) in [7, 11) is -1.15. The van der Waals surface area contributed by atoms with E-state index in [0.29, 0.717) is 6.54 Å². The summed E-state index contributed by atoms with van der Waals surface area (Å²) in [6.07, 6.45) is 0. The standard InChI is InChI=1S/C54H39NO2P2/c1-2-55(47-35-39-20-12-16-28-45(39)53-51-43-26-14-10-18-37(43)30-33-48(51)56-58-57-54(47)53)46-32-29-36-17-9-13-25-42(36)50(46)52-44-27-15-11-19-38(44)31-34-49(52)59(40-21-5-3-6-22-40)41-23-7-4-8-24-41/h3-35,58H,2H2,1H3. The molecule has 59 heavy (non-hydrogen) atoms. The Kier molecular flexibility index (Phi) is 9.00. The van der Waals surface area contributed by atoms with Crippen molar-refractivity contribution in [3.8, 4) is 11.1 Å². The Morgan fingerprint density at radius 3 is 1.59 bits per heavy atom. The van der Waals surface area contributed by atoms with Crippen molar-refractivity contribution in [1.82, 2.24) is 0 Å². The summed E-state index contributed by atoms with van der Waals surface area (Å²) in [6, 6.07) is 73.1. The van der Waals surface area contributed by atoms with Gasteiger partial charge < -0.3 is 13.3 Å². The Labute approximate surface area is 345 Å². The smallest absolute Gasteiger partial charge is 0.201 e. The van der Waals surface area contributed by atoms with E-state index in [-0.39, 0.29) is 8.67 Å². The van der Waals surface area contributed by atoms with Crippen LogP contribution >= 0.6 is 16.6 Å². The minimum atomic E-state index is -0.949. The predicted molar refractivity (Wildman–Crippen MR) is 256 cm³/mol. The average Bonchev–Trinajstić information content (AvgIpc) is 3.51. The Morgan fingerprint density at radius 2 is 0.949 bits per heavy atom. The first-order chi connectivity index (χ1) is 29.3. The van der Waals surface area contributed by atoms with Crippen LogP contribution in [0.4, 0.5) is 11.4 Å². The lowest BCUT2D eigenvalue weighted by Gasteiger charge is -2.30. The lowest BCUT2D eigenvalue weighted by molar-refractivity contribution is 0.662. The van der Waals surface area contributed by atoms with Crippen LogP contribution in [0.3, 0.4) is 0 Å². The van der Waals surface area contributed by atoms with Crippen LogP contribution in [0, 0.1) is 0 Å². The van der Waals surface area contributed by atoms with Crippen LogP contribution < -0.4 is 20.8 Å². The van der Waals surface area contributed by atoms with Crippen molar-refractivity contribution in [2.75, 3.05) is 11.4 Å². The molecule has 0 saturated heterocycles. The number of benzene rings is 10. The highest BCUT2D eigenvalue weighted by atomic mass is 31.1. The first-order valence-corrected chi connectivity index (χ1v) is 22.3. The summed E-state index contributed by atoms with van der Waals surface area (Å²) < 4.78 is 13.3. The SMILES string of the molecule is CCN(c1ccc2ccccc2c1-c1c(P(c2ccccc2)c2ccccc2)ccc2ccccc12)c1cc2ccccc2c2c1o[pH]oc1ccc3ccccc3c12. The van der Waals surface area contributed by atoms with E-state index in [9.17, 15) is 0 Å². The number of fused-ring (bicyclic) bond motifs is 9. The van der Waals surface area contributed by atoms with E-state index in [2.05, 4.69) is 212 Å². The summed E-state index contributed by atoms with van der Waals surface area (Å²) in [5.41, 5.74) is 6.32. The third-order valence-corrected chi connectivity index (χ3v) is 14.7. The normalized spacial score (nSPS) is 11.8. The quantitative estimate of drug-likeness (QED) is 0.151. The molecule has 0 aliphatic heterocycles. The highest BCUT2D eigenvalue weighted by Gasteiger charge is 2.27. The van der Waals surface area contributed by atoms with Gasteiger partial charge in [0.15, 0.2) is 5.58 Å². The van der Waals surface area contributed by atoms with Gasteiger partial charge in [-0.05, 0) is 92.0 Å². The summed E-state index contributed by atoms with van der Waals surface area (Å²) in [4.78, 5) is 2.48. The molecule has 0 spiro atoms. The summed E-state index contributed by atoms with van der Waals surface area (Å²) in [6.45, 7) is 2.96. The zero-order valence-corrected chi connectivity index (χ0v) is 34.4. The van der Waals surface area contributed by atoms with Crippen molar-refractivity contribution in [2.45, 2.75) is 6.92 Å². The molecule has 1 atom stereocenters. The zero-order chi connectivity index (χ0) is 39.3. The van der Waals surface area contributed by atoms with E-state index in [1.807, 2.05) is 0 Å². The van der Waals surface area contributed by atoms with E-state index in [4.69, 9.17) is 8.39 Å². The van der Waals surface area contributed by atoms with Gasteiger partial charge in [-0.15, -0.1) is 0 Å². The second kappa shape index (κ2) is 14.9. The minimum absolute atomic E-state index is 0.201. The van der Waals surface area contributed by atoms with Crippen molar-refractivity contribution < 1.29 is 8.39 Å². The minimum Gasteiger partial charge on any atom is -0.421 e. The van der Waals surface area contributed by atoms with Crippen LogP contribution in [-0.4, -0.2) is 6.54 Å². The molecular weight excluding hydrogens is 757 g/mol. The second-order valence-corrected chi connectivity index (χ2v) is 17.6. The molecule has 0 aliphatic rings. The molecule has 0 radical (unpaired) electrons. The Balaban J connectivity index is 1.28. The number of anilines is 2. The molecule has 0 aliphatic carbocycles. The molecular formula is C54H39NO2P2. The Bertz CT molecular complexity index is 3360. The lowest BCUT2D eigenvalue weighted by atomic mass is 9.91. The van der Waals surface area contributed by atoms with Crippen molar-refractivity contribution in [2.24, 2.45) is 0 Å². The van der Waals surface area contributed by atoms with Gasteiger partial charge in [0, 0.05) is 34.1 Å². The Hall–Kier alpha value is -6.63. The van der Waals surface area contributed by atoms with Gasteiger partial charge >= 0.3 is 0 Å². The summed E-state index contributed by atoms with van der Waals surface area (Å²) in [5.74, 6) is 0. The van der Waals surface area contributed by atoms with E-state index in [1.165, 1.54) is 54.0 Å². The summed E-state index contributed by atoms with van der Waals surface area (Å²) >= 11 is 0. The van der Waals surface area contributed by atoms with Crippen LogP contribution in [0.2, 0.25) is 0 Å². The molecule has 0 amide bonds. The van der Waals surface area contributed by atoms with Gasteiger partial charge in [0.05, 0.1) is 5.69 Å². The molecule has 1 heterocycles. The van der Waals surface area contributed by atoms with Gasteiger partial charge in [-0.2, -0.15) is 0 Å². The van der Waals surface area contributed by atoms with Crippen LogP contribution in [0.15, 0.2) is 209 Å². The van der Waals surface area contributed by atoms with E-state index >= 15 is 0 Å². The average molecular weight is 796 g/mol. The molecule has 0 fully saturated rings. The Morgan fingerprint density at radius 1 is 0.441 bits per heavy atom. The number of nitrogens with zero attached hydrogens (tertiary/aromatic N) is 1.